The lowest BCUT2D eigenvalue weighted by Crippen LogP contribution is -2.43. The number of esters is 1. The highest BCUT2D eigenvalue weighted by atomic mass is 16.6. The molecule has 0 radical (unpaired) electrons. The number of phenolic OH excluding ortho intramolecular Hbond substituents is 1. The number of nitro groups is 1. The summed E-state index contributed by atoms with van der Waals surface area (Å²) in [6.45, 7) is 0. The van der Waals surface area contributed by atoms with Gasteiger partial charge in [-0.2, -0.15) is 0 Å². The molecule has 0 saturated heterocycles. The van der Waals surface area contributed by atoms with E-state index in [9.17, 15) is 24.8 Å². The van der Waals surface area contributed by atoms with Crippen LogP contribution in [0, 0.1) is 10.1 Å². The van der Waals surface area contributed by atoms with Crippen LogP contribution in [0.4, 0.5) is 5.69 Å². The van der Waals surface area contributed by atoms with Crippen molar-refractivity contribution in [2.75, 3.05) is 7.11 Å². The second-order valence-electron chi connectivity index (χ2n) is 5.61. The first-order chi connectivity index (χ1) is 12.4. The highest BCUT2D eigenvalue weighted by Gasteiger charge is 2.22. The number of non-ortho nitro benzene ring substituents is 1. The molecule has 0 aliphatic rings. The second kappa shape index (κ2) is 8.61. The molecule has 0 unspecified atom stereocenters. The molecule has 0 bridgehead atoms. The predicted octanol–water partition coefficient (Wildman–Crippen LogP) is 1.74. The maximum Gasteiger partial charge on any atom is 0.328 e. The number of aromatic hydroxyl groups is 1. The number of rotatable bonds is 7. The van der Waals surface area contributed by atoms with Gasteiger partial charge in [0.05, 0.1) is 18.5 Å². The fraction of sp³-hybridized carbons (Fsp3) is 0.222. The Labute approximate surface area is 149 Å². The van der Waals surface area contributed by atoms with Gasteiger partial charge in [0.1, 0.15) is 11.8 Å². The van der Waals surface area contributed by atoms with Gasteiger partial charge in [0, 0.05) is 18.6 Å². The third kappa shape index (κ3) is 5.30. The molecule has 2 N–H and O–H groups in total. The monoisotopic (exact) mass is 358 g/mol. The van der Waals surface area contributed by atoms with Crippen molar-refractivity contribution in [2.45, 2.75) is 18.9 Å². The molecule has 0 heterocycles. The van der Waals surface area contributed by atoms with Crippen molar-refractivity contribution in [3.8, 4) is 5.75 Å². The van der Waals surface area contributed by atoms with Gasteiger partial charge in [0.25, 0.3) is 5.69 Å². The summed E-state index contributed by atoms with van der Waals surface area (Å²) >= 11 is 0. The summed E-state index contributed by atoms with van der Waals surface area (Å²) in [5.74, 6) is -0.895. The maximum absolute atomic E-state index is 12.2. The van der Waals surface area contributed by atoms with Gasteiger partial charge >= 0.3 is 5.97 Å². The molecule has 0 saturated carbocycles. The van der Waals surface area contributed by atoms with Crippen molar-refractivity contribution in [3.05, 3.63) is 69.8 Å². The number of ether oxygens (including phenoxy) is 1. The van der Waals surface area contributed by atoms with Crippen LogP contribution in [-0.2, 0) is 27.2 Å². The predicted molar refractivity (Wildman–Crippen MR) is 92.6 cm³/mol. The molecule has 0 fully saturated rings. The third-order valence-electron chi connectivity index (χ3n) is 3.71. The van der Waals surface area contributed by atoms with E-state index in [2.05, 4.69) is 5.32 Å². The van der Waals surface area contributed by atoms with E-state index in [-0.39, 0.29) is 24.3 Å². The minimum atomic E-state index is -0.880. The van der Waals surface area contributed by atoms with Gasteiger partial charge in [0.15, 0.2) is 0 Å². The lowest BCUT2D eigenvalue weighted by atomic mass is 10.0. The first kappa shape index (κ1) is 18.9. The fourth-order valence-corrected chi connectivity index (χ4v) is 2.37. The summed E-state index contributed by atoms with van der Waals surface area (Å²) in [6.07, 6.45) is 0.181. The zero-order valence-electron chi connectivity index (χ0n) is 14.0. The van der Waals surface area contributed by atoms with E-state index in [0.29, 0.717) is 5.56 Å². The van der Waals surface area contributed by atoms with Gasteiger partial charge in [-0.25, -0.2) is 4.79 Å². The number of methoxy groups -OCH3 is 1. The Morgan fingerprint density at radius 2 is 1.69 bits per heavy atom. The summed E-state index contributed by atoms with van der Waals surface area (Å²) in [4.78, 5) is 34.3. The average molecular weight is 358 g/mol. The molecule has 1 amide bonds. The Morgan fingerprint density at radius 3 is 2.23 bits per heavy atom. The molecule has 2 aromatic rings. The summed E-state index contributed by atoms with van der Waals surface area (Å²) in [7, 11) is 1.23. The van der Waals surface area contributed by atoms with Crippen molar-refractivity contribution >= 4 is 17.6 Å². The molecule has 26 heavy (non-hydrogen) atoms. The molecule has 2 aromatic carbocycles. The van der Waals surface area contributed by atoms with Gasteiger partial charge in [-0.3, -0.25) is 14.9 Å². The normalized spacial score (nSPS) is 11.4. The van der Waals surface area contributed by atoms with Gasteiger partial charge < -0.3 is 15.2 Å². The van der Waals surface area contributed by atoms with Crippen LogP contribution in [0.25, 0.3) is 0 Å². The summed E-state index contributed by atoms with van der Waals surface area (Å²) in [5.41, 5.74) is 1.27. The quantitative estimate of drug-likeness (QED) is 0.442. The number of carbonyl (C=O) groups excluding carboxylic acids is 2. The Morgan fingerprint density at radius 1 is 1.12 bits per heavy atom. The van der Waals surface area contributed by atoms with Crippen LogP contribution < -0.4 is 5.32 Å². The van der Waals surface area contributed by atoms with E-state index in [0.717, 1.165) is 5.56 Å². The van der Waals surface area contributed by atoms with Gasteiger partial charge in [-0.1, -0.05) is 24.3 Å². The molecule has 0 spiro atoms. The van der Waals surface area contributed by atoms with Gasteiger partial charge in [-0.05, 0) is 23.3 Å². The lowest BCUT2D eigenvalue weighted by Gasteiger charge is -2.16. The molecular weight excluding hydrogens is 340 g/mol. The summed E-state index contributed by atoms with van der Waals surface area (Å²) in [5, 5.41) is 22.6. The van der Waals surface area contributed by atoms with Crippen molar-refractivity contribution < 1.29 is 24.4 Å². The maximum atomic E-state index is 12.2. The number of nitrogens with one attached hydrogen (secondary N) is 1. The molecule has 0 aliphatic carbocycles. The number of amides is 1. The van der Waals surface area contributed by atoms with Crippen LogP contribution in [0.3, 0.4) is 0 Å². The van der Waals surface area contributed by atoms with Crippen LogP contribution in [-0.4, -0.2) is 35.1 Å². The lowest BCUT2D eigenvalue weighted by molar-refractivity contribution is -0.384. The van der Waals surface area contributed by atoms with E-state index >= 15 is 0 Å². The third-order valence-corrected chi connectivity index (χ3v) is 3.71. The molecule has 8 nitrogen and oxygen atoms in total. The van der Waals surface area contributed by atoms with E-state index < -0.39 is 22.8 Å². The molecular formula is C18H18N2O6. The highest BCUT2D eigenvalue weighted by molar-refractivity contribution is 5.85. The number of carbonyl (C=O) groups is 2. The average Bonchev–Trinajstić information content (AvgIpc) is 2.62. The van der Waals surface area contributed by atoms with E-state index in [1.165, 1.54) is 43.5 Å². The first-order valence-corrected chi connectivity index (χ1v) is 7.77. The van der Waals surface area contributed by atoms with Crippen molar-refractivity contribution in [1.82, 2.24) is 5.32 Å². The Kier molecular flexibility index (Phi) is 6.26. The Bertz CT molecular complexity index is 786. The van der Waals surface area contributed by atoms with Crippen LogP contribution in [0.2, 0.25) is 0 Å². The standard InChI is InChI=1S/C18H18N2O6/c1-26-18(23)16(10-12-4-8-15(21)9-5-12)19-17(22)11-13-2-6-14(7-3-13)20(24)25/h2-9,16,21H,10-11H2,1H3,(H,19,22)/t16-/m0/s1. The number of benzene rings is 2. The largest absolute Gasteiger partial charge is 0.508 e. The minimum absolute atomic E-state index is 0.0267. The number of hydrogen-bond acceptors (Lipinski definition) is 6. The number of nitro benzene ring substituents is 1. The van der Waals surface area contributed by atoms with E-state index in [1.54, 1.807) is 12.1 Å². The first-order valence-electron chi connectivity index (χ1n) is 7.77. The molecule has 1 atom stereocenters. The van der Waals surface area contributed by atoms with Crippen LogP contribution >= 0.6 is 0 Å². The summed E-state index contributed by atoms with van der Waals surface area (Å²) in [6, 6.07) is 11.0. The molecule has 0 aromatic heterocycles. The van der Waals surface area contributed by atoms with Crippen LogP contribution in [0.15, 0.2) is 48.5 Å². The second-order valence-corrected chi connectivity index (χ2v) is 5.61. The molecule has 0 aliphatic heterocycles. The number of phenols is 1. The number of nitrogens with zero attached hydrogens (tertiary/aromatic N) is 1. The van der Waals surface area contributed by atoms with E-state index in [4.69, 9.17) is 4.74 Å². The zero-order valence-corrected chi connectivity index (χ0v) is 14.0. The fourth-order valence-electron chi connectivity index (χ4n) is 2.37. The Balaban J connectivity index is 2.02. The van der Waals surface area contributed by atoms with Crippen LogP contribution in [0.1, 0.15) is 11.1 Å². The zero-order chi connectivity index (χ0) is 19.1. The smallest absolute Gasteiger partial charge is 0.328 e. The summed E-state index contributed by atoms with van der Waals surface area (Å²) < 4.78 is 4.72. The van der Waals surface area contributed by atoms with Crippen LogP contribution in [0.5, 0.6) is 5.75 Å². The van der Waals surface area contributed by atoms with Crippen molar-refractivity contribution in [1.29, 1.82) is 0 Å². The van der Waals surface area contributed by atoms with Crippen molar-refractivity contribution in [3.63, 3.8) is 0 Å². The van der Waals surface area contributed by atoms with Gasteiger partial charge in [0.2, 0.25) is 5.91 Å². The molecule has 8 heteroatoms. The highest BCUT2D eigenvalue weighted by Crippen LogP contribution is 2.14. The number of hydrogen-bond donors (Lipinski definition) is 2. The molecule has 136 valence electrons. The van der Waals surface area contributed by atoms with E-state index in [1.807, 2.05) is 0 Å². The Hall–Kier alpha value is -3.42. The van der Waals surface area contributed by atoms with Crippen molar-refractivity contribution in [2.24, 2.45) is 0 Å². The van der Waals surface area contributed by atoms with Gasteiger partial charge in [-0.15, -0.1) is 0 Å². The minimum Gasteiger partial charge on any atom is -0.508 e. The SMILES string of the molecule is COC(=O)[C@H](Cc1ccc(O)cc1)NC(=O)Cc1ccc([N+](=O)[O-])cc1. The molecule has 2 rings (SSSR count). The topological polar surface area (TPSA) is 119 Å².